The third kappa shape index (κ3) is 28.9. The minimum absolute atomic E-state index is 0.579. The Bertz CT molecular complexity index is 523. The van der Waals surface area contributed by atoms with Gasteiger partial charge in [0, 0.05) is 0 Å². The Morgan fingerprint density at radius 3 is 1.57 bits per heavy atom. The van der Waals surface area contributed by atoms with Crippen molar-refractivity contribution in [1.29, 1.82) is 0 Å². The first-order valence-corrected chi connectivity index (χ1v) is 5.61. The molecule has 0 radical (unpaired) electrons. The first-order chi connectivity index (χ1) is 11.2. The van der Waals surface area contributed by atoms with Gasteiger partial charge in [0.2, 0.25) is 0 Å². The van der Waals surface area contributed by atoms with Gasteiger partial charge >= 0.3 is 147 Å². The number of ether oxygens (including phenoxy) is 1. The fourth-order valence-electron chi connectivity index (χ4n) is 0.707. The van der Waals surface area contributed by atoms with Gasteiger partial charge in [-0.25, -0.2) is 0 Å². The van der Waals surface area contributed by atoms with Crippen molar-refractivity contribution in [3.05, 3.63) is 68.1 Å². The van der Waals surface area contributed by atoms with E-state index in [1.807, 2.05) is 12.1 Å². The van der Waals surface area contributed by atoms with E-state index in [1.54, 1.807) is 19.2 Å². The molecule has 0 unspecified atom stereocenters. The number of hydrogen-bond acceptors (Lipinski definition) is 1. The van der Waals surface area contributed by atoms with Crippen LogP contribution in [0.4, 0.5) is 0 Å². The average molecular weight is 371 g/mol. The molecule has 0 aromatic heterocycles. The van der Waals surface area contributed by atoms with Gasteiger partial charge in [0.1, 0.15) is 0 Å². The van der Waals surface area contributed by atoms with E-state index in [-0.39, 0.29) is 0 Å². The van der Waals surface area contributed by atoms with Crippen molar-refractivity contribution in [2.24, 2.45) is 0 Å². The summed E-state index contributed by atoms with van der Waals surface area (Å²) in [4.78, 5) is 0. The SMILES string of the molecule is CO[C](=[Cr])C#Cc1ccc(Cl)cc1.[C-]#[O+].[C-]#[O+].[C-]#[O+].[C-]#[O+].[C-]#[O+]. The third-order valence-corrected chi connectivity index (χ3v) is 2.01. The zero-order valence-electron chi connectivity index (χ0n) is 11.5. The summed E-state index contributed by atoms with van der Waals surface area (Å²) in [5, 5.41) is 0.713. The van der Waals surface area contributed by atoms with E-state index in [2.05, 4.69) is 60.9 Å². The van der Waals surface area contributed by atoms with Gasteiger partial charge in [-0.05, 0) is 0 Å². The van der Waals surface area contributed by atoms with E-state index in [0.29, 0.717) is 9.59 Å². The van der Waals surface area contributed by atoms with E-state index in [9.17, 15) is 0 Å². The van der Waals surface area contributed by atoms with Gasteiger partial charge in [0.15, 0.2) is 0 Å². The summed E-state index contributed by atoms with van der Waals surface area (Å²) in [5.41, 5.74) is 0.911. The topological polar surface area (TPSA) is 109 Å². The Hall–Kier alpha value is -1.87. The van der Waals surface area contributed by atoms with Crippen molar-refractivity contribution in [3.8, 4) is 11.8 Å². The molecular weight excluding hydrogens is 364 g/mol. The van der Waals surface area contributed by atoms with Gasteiger partial charge in [-0.2, -0.15) is 0 Å². The molecule has 0 spiro atoms. The molecule has 1 aromatic rings. The molecule has 0 bridgehead atoms. The van der Waals surface area contributed by atoms with Crippen molar-refractivity contribution < 1.29 is 43.8 Å². The number of benzene rings is 1. The van der Waals surface area contributed by atoms with Crippen LogP contribution in [0.25, 0.3) is 0 Å². The second kappa shape index (κ2) is 36.9. The standard InChI is InChI=1S/C10H7ClO.5CO.Cr/c1-12-8-2-3-9-4-6-10(11)7-5-9;5*1-2;/h4-7H,1H3;;;;;;. The van der Waals surface area contributed by atoms with E-state index in [4.69, 9.17) is 39.6 Å². The number of halogens is 1. The van der Waals surface area contributed by atoms with Gasteiger partial charge in [-0.15, -0.1) is 0 Å². The minimum atomic E-state index is 0.579. The van der Waals surface area contributed by atoms with Gasteiger partial charge in [-0.3, -0.25) is 0 Å². The number of hydrogen-bond donors (Lipinski definition) is 0. The molecule has 1 rings (SSSR count). The Morgan fingerprint density at radius 1 is 0.913 bits per heavy atom. The van der Waals surface area contributed by atoms with Crippen LogP contribution in [0.3, 0.4) is 0 Å². The third-order valence-electron chi connectivity index (χ3n) is 1.34. The van der Waals surface area contributed by atoms with E-state index >= 15 is 0 Å². The second-order valence-corrected chi connectivity index (χ2v) is 3.26. The molecule has 0 amide bonds. The molecule has 0 saturated carbocycles. The molecule has 0 atom stereocenters. The molecule has 0 N–H and O–H groups in total. The van der Waals surface area contributed by atoms with Gasteiger partial charge in [0.25, 0.3) is 0 Å². The molecule has 0 aliphatic heterocycles. The Kier molecular flexibility index (Phi) is 52.8. The molecular formula is C15H7ClCrO6. The monoisotopic (exact) mass is 370 g/mol. The summed E-state index contributed by atoms with van der Waals surface area (Å²) in [6.45, 7) is 22.5. The zero-order chi connectivity index (χ0) is 19.7. The van der Waals surface area contributed by atoms with Crippen molar-refractivity contribution in [3.63, 3.8) is 0 Å². The van der Waals surface area contributed by atoms with E-state index in [1.165, 1.54) is 0 Å². The predicted octanol–water partition coefficient (Wildman–Crippen LogP) is 1.83. The van der Waals surface area contributed by atoms with Crippen LogP contribution in [0.15, 0.2) is 24.3 Å². The second-order valence-electron chi connectivity index (χ2n) is 2.25. The van der Waals surface area contributed by atoms with Crippen LogP contribution in [0.1, 0.15) is 5.56 Å². The quantitative estimate of drug-likeness (QED) is 0.419. The van der Waals surface area contributed by atoms with E-state index in [0.717, 1.165) is 5.56 Å². The fraction of sp³-hybridized carbons (Fsp3) is 0.0667. The molecule has 1 aromatic carbocycles. The summed E-state index contributed by atoms with van der Waals surface area (Å²) < 4.78 is 42.9. The van der Waals surface area contributed by atoms with Crippen LogP contribution < -0.4 is 0 Å². The summed E-state index contributed by atoms with van der Waals surface area (Å²) in [5.74, 6) is 5.73. The van der Waals surface area contributed by atoms with Crippen LogP contribution in [0, 0.1) is 45.1 Å². The maximum absolute atomic E-state index is 7.50. The molecule has 0 fully saturated rings. The summed E-state index contributed by atoms with van der Waals surface area (Å²) >= 11 is 8.42. The first-order valence-electron chi connectivity index (χ1n) is 4.60. The molecule has 0 aliphatic carbocycles. The van der Waals surface area contributed by atoms with Crippen LogP contribution in [0.2, 0.25) is 5.02 Å². The molecule has 116 valence electrons. The Morgan fingerprint density at radius 2 is 1.26 bits per heavy atom. The number of rotatable bonds is 1. The molecule has 0 heterocycles. The van der Waals surface area contributed by atoms with Gasteiger partial charge in [0.05, 0.1) is 0 Å². The van der Waals surface area contributed by atoms with Crippen molar-refractivity contribution in [2.75, 3.05) is 7.11 Å². The van der Waals surface area contributed by atoms with Gasteiger partial charge < -0.3 is 0 Å². The molecule has 8 heteroatoms. The average Bonchev–Trinajstić information content (AvgIpc) is 2.69. The molecule has 0 saturated heterocycles. The van der Waals surface area contributed by atoms with Crippen molar-refractivity contribution >= 4 is 16.2 Å². The van der Waals surface area contributed by atoms with E-state index < -0.39 is 0 Å². The fourth-order valence-corrected chi connectivity index (χ4v) is 0.913. The van der Waals surface area contributed by atoms with Crippen LogP contribution in [-0.2, 0) is 43.8 Å². The Balaban J connectivity index is -0.0000000923. The van der Waals surface area contributed by atoms with Crippen LogP contribution in [0.5, 0.6) is 0 Å². The van der Waals surface area contributed by atoms with Crippen molar-refractivity contribution in [2.45, 2.75) is 0 Å². The zero-order valence-corrected chi connectivity index (χ0v) is 13.6. The number of methoxy groups -OCH3 is 1. The molecule has 23 heavy (non-hydrogen) atoms. The summed E-state index contributed by atoms with van der Waals surface area (Å²) in [6, 6.07) is 7.32. The first kappa shape index (κ1) is 32.9. The predicted molar refractivity (Wildman–Crippen MR) is 70.0 cm³/mol. The summed E-state index contributed by atoms with van der Waals surface area (Å²) in [6.07, 6.45) is 0. The van der Waals surface area contributed by atoms with Crippen LogP contribution >= 0.6 is 11.6 Å². The van der Waals surface area contributed by atoms with Crippen LogP contribution in [-0.4, -0.2) is 11.7 Å². The van der Waals surface area contributed by atoms with Crippen molar-refractivity contribution in [1.82, 2.24) is 0 Å². The van der Waals surface area contributed by atoms with Gasteiger partial charge in [-0.1, -0.05) is 0 Å². The normalized spacial score (nSPS) is 5.39. The Labute approximate surface area is 147 Å². The molecule has 6 nitrogen and oxygen atoms in total. The summed E-state index contributed by atoms with van der Waals surface area (Å²) in [7, 11) is 1.57. The molecule has 0 aliphatic rings. The maximum atomic E-state index is 7.50.